The van der Waals surface area contributed by atoms with Gasteiger partial charge in [0, 0.05) is 5.41 Å². The number of hydrogen-bond acceptors (Lipinski definition) is 0. The summed E-state index contributed by atoms with van der Waals surface area (Å²) >= 11 is 0. The van der Waals surface area contributed by atoms with E-state index in [1.807, 2.05) is 0 Å². The summed E-state index contributed by atoms with van der Waals surface area (Å²) in [6, 6.07) is 19.0. The molecular weight excluding hydrogens is 324 g/mol. The monoisotopic (exact) mass is 362 g/mol. The van der Waals surface area contributed by atoms with Crippen LogP contribution in [0.5, 0.6) is 0 Å². The second kappa shape index (κ2) is 7.82. The Morgan fingerprint density at radius 3 is 2.00 bits per heavy atom. The Morgan fingerprint density at radius 2 is 1.48 bits per heavy atom. The molecule has 0 aliphatic heterocycles. The molecule has 1 fully saturated rings. The van der Waals surface area contributed by atoms with Crippen molar-refractivity contribution >= 4 is 0 Å². The van der Waals surface area contributed by atoms with E-state index in [2.05, 4.69) is 90.1 Å². The summed E-state index contributed by atoms with van der Waals surface area (Å²) in [5, 5.41) is 0. The number of rotatable bonds is 5. The zero-order valence-electron chi connectivity index (χ0n) is 18.3. The van der Waals surface area contributed by atoms with Crippen molar-refractivity contribution in [3.8, 4) is 0 Å². The molecule has 2 aromatic carbocycles. The maximum Gasteiger partial charge on any atom is 0.0210 e. The van der Waals surface area contributed by atoms with Crippen molar-refractivity contribution in [2.24, 2.45) is 17.3 Å². The fraction of sp³-hybridized carbons (Fsp3) is 0.556. The van der Waals surface area contributed by atoms with Crippen LogP contribution in [0.25, 0.3) is 0 Å². The third kappa shape index (κ3) is 4.48. The first-order valence-electron chi connectivity index (χ1n) is 10.9. The SMILES string of the molecule is CC[C@@H](C)Cc1ccc(C2(c3ccc(C)cc3)CC(C)CC(C)(C)C2)cc1. The quantitative estimate of drug-likeness (QED) is 0.511. The van der Waals surface area contributed by atoms with Crippen LogP contribution in [0.2, 0.25) is 0 Å². The van der Waals surface area contributed by atoms with E-state index in [0.717, 1.165) is 11.8 Å². The van der Waals surface area contributed by atoms with Crippen molar-refractivity contribution < 1.29 is 0 Å². The van der Waals surface area contributed by atoms with E-state index in [9.17, 15) is 0 Å². The molecule has 1 aliphatic carbocycles. The smallest absolute Gasteiger partial charge is 0.0210 e. The average Bonchev–Trinajstić information content (AvgIpc) is 2.61. The van der Waals surface area contributed by atoms with Crippen LogP contribution in [0.1, 0.15) is 82.6 Å². The zero-order chi connectivity index (χ0) is 19.7. The molecule has 1 saturated carbocycles. The third-order valence-corrected chi connectivity index (χ3v) is 6.77. The molecule has 2 unspecified atom stereocenters. The third-order valence-electron chi connectivity index (χ3n) is 6.77. The Morgan fingerprint density at radius 1 is 0.926 bits per heavy atom. The molecule has 0 saturated heterocycles. The summed E-state index contributed by atoms with van der Waals surface area (Å²) in [6.07, 6.45) is 6.26. The second-order valence-electron chi connectivity index (χ2n) is 10.2. The van der Waals surface area contributed by atoms with E-state index in [-0.39, 0.29) is 5.41 Å². The Kier molecular flexibility index (Phi) is 5.84. The molecule has 0 heteroatoms. The maximum absolute atomic E-state index is 2.46. The lowest BCUT2D eigenvalue weighted by Crippen LogP contribution is -2.41. The summed E-state index contributed by atoms with van der Waals surface area (Å²) in [4.78, 5) is 0. The van der Waals surface area contributed by atoms with Gasteiger partial charge in [0.05, 0.1) is 0 Å². The Hall–Kier alpha value is -1.56. The van der Waals surface area contributed by atoms with Gasteiger partial charge in [-0.15, -0.1) is 0 Å². The molecule has 2 aromatic rings. The molecule has 1 aliphatic rings. The van der Waals surface area contributed by atoms with Gasteiger partial charge in [-0.3, -0.25) is 0 Å². The van der Waals surface area contributed by atoms with Crippen LogP contribution in [0.15, 0.2) is 48.5 Å². The molecule has 0 amide bonds. The predicted octanol–water partition coefficient (Wildman–Crippen LogP) is 7.72. The van der Waals surface area contributed by atoms with Gasteiger partial charge >= 0.3 is 0 Å². The van der Waals surface area contributed by atoms with Crippen LogP contribution in [0.4, 0.5) is 0 Å². The lowest BCUT2D eigenvalue weighted by Gasteiger charge is -2.48. The molecule has 0 aromatic heterocycles. The van der Waals surface area contributed by atoms with Crippen LogP contribution in [-0.2, 0) is 11.8 Å². The lowest BCUT2D eigenvalue weighted by atomic mass is 9.55. The zero-order valence-corrected chi connectivity index (χ0v) is 18.3. The highest BCUT2D eigenvalue weighted by Gasteiger charge is 2.45. The molecular formula is C27H38. The van der Waals surface area contributed by atoms with E-state index in [4.69, 9.17) is 0 Å². The average molecular weight is 363 g/mol. The molecule has 0 bridgehead atoms. The van der Waals surface area contributed by atoms with E-state index in [0.29, 0.717) is 5.41 Å². The molecule has 146 valence electrons. The van der Waals surface area contributed by atoms with Crippen molar-refractivity contribution in [2.45, 2.75) is 79.1 Å². The van der Waals surface area contributed by atoms with E-state index in [1.54, 1.807) is 0 Å². The van der Waals surface area contributed by atoms with Gasteiger partial charge in [-0.1, -0.05) is 95.1 Å². The summed E-state index contributed by atoms with van der Waals surface area (Å²) in [7, 11) is 0. The van der Waals surface area contributed by atoms with Crippen LogP contribution in [0, 0.1) is 24.2 Å². The highest BCUT2D eigenvalue weighted by atomic mass is 14.5. The second-order valence-corrected chi connectivity index (χ2v) is 10.2. The summed E-state index contributed by atoms with van der Waals surface area (Å²) < 4.78 is 0. The van der Waals surface area contributed by atoms with Gasteiger partial charge in [0.25, 0.3) is 0 Å². The first-order valence-corrected chi connectivity index (χ1v) is 10.9. The van der Waals surface area contributed by atoms with Gasteiger partial charge in [0.1, 0.15) is 0 Å². The Bertz CT molecular complexity index is 735. The van der Waals surface area contributed by atoms with Crippen molar-refractivity contribution in [3.63, 3.8) is 0 Å². The molecule has 0 heterocycles. The summed E-state index contributed by atoms with van der Waals surface area (Å²) in [5.41, 5.74) is 6.36. The van der Waals surface area contributed by atoms with Crippen LogP contribution in [-0.4, -0.2) is 0 Å². The number of hydrogen-bond donors (Lipinski definition) is 0. The summed E-state index contributed by atoms with van der Waals surface area (Å²) in [5.74, 6) is 1.50. The first kappa shape index (κ1) is 20.2. The van der Waals surface area contributed by atoms with Crippen molar-refractivity contribution in [1.82, 2.24) is 0 Å². The van der Waals surface area contributed by atoms with E-state index in [1.165, 1.54) is 54.4 Å². The highest BCUT2D eigenvalue weighted by Crippen LogP contribution is 2.53. The molecule has 0 N–H and O–H groups in total. The summed E-state index contributed by atoms with van der Waals surface area (Å²) in [6.45, 7) is 14.2. The van der Waals surface area contributed by atoms with Gasteiger partial charge in [-0.05, 0) is 66.5 Å². The van der Waals surface area contributed by atoms with Crippen LogP contribution in [0.3, 0.4) is 0 Å². The number of benzene rings is 2. The lowest BCUT2D eigenvalue weighted by molar-refractivity contribution is 0.127. The van der Waals surface area contributed by atoms with Crippen LogP contribution >= 0.6 is 0 Å². The van der Waals surface area contributed by atoms with Crippen molar-refractivity contribution in [3.05, 3.63) is 70.8 Å². The normalized spacial score (nSPS) is 25.9. The largest absolute Gasteiger partial charge is 0.0651 e. The molecule has 3 rings (SSSR count). The molecule has 0 radical (unpaired) electrons. The van der Waals surface area contributed by atoms with Gasteiger partial charge < -0.3 is 0 Å². The van der Waals surface area contributed by atoms with Crippen LogP contribution < -0.4 is 0 Å². The van der Waals surface area contributed by atoms with E-state index < -0.39 is 0 Å². The Labute approximate surface area is 167 Å². The molecule has 0 spiro atoms. The minimum atomic E-state index is 0.143. The van der Waals surface area contributed by atoms with Crippen molar-refractivity contribution in [2.75, 3.05) is 0 Å². The minimum absolute atomic E-state index is 0.143. The van der Waals surface area contributed by atoms with Gasteiger partial charge in [0.15, 0.2) is 0 Å². The van der Waals surface area contributed by atoms with Crippen molar-refractivity contribution in [1.29, 1.82) is 0 Å². The fourth-order valence-corrected chi connectivity index (χ4v) is 5.56. The van der Waals surface area contributed by atoms with Gasteiger partial charge in [0.2, 0.25) is 0 Å². The van der Waals surface area contributed by atoms with E-state index >= 15 is 0 Å². The van der Waals surface area contributed by atoms with Gasteiger partial charge in [-0.2, -0.15) is 0 Å². The number of aryl methyl sites for hydroxylation is 1. The molecule has 0 nitrogen and oxygen atoms in total. The molecule has 27 heavy (non-hydrogen) atoms. The fourth-order valence-electron chi connectivity index (χ4n) is 5.56. The minimum Gasteiger partial charge on any atom is -0.0651 e. The highest BCUT2D eigenvalue weighted by molar-refractivity contribution is 5.42. The molecule has 3 atom stereocenters. The van der Waals surface area contributed by atoms with Gasteiger partial charge in [-0.25, -0.2) is 0 Å². The predicted molar refractivity (Wildman–Crippen MR) is 118 cm³/mol. The maximum atomic E-state index is 2.46. The topological polar surface area (TPSA) is 0 Å². The Balaban J connectivity index is 2.03. The standard InChI is InChI=1S/C27H38/c1-7-20(2)16-23-10-14-25(15-11-23)27(24-12-8-21(3)9-13-24)18-22(4)17-26(5,6)19-27/h8-15,20,22H,7,16-19H2,1-6H3/t20-,22?,27?/m1/s1. The first-order chi connectivity index (χ1) is 12.7.